The van der Waals surface area contributed by atoms with Gasteiger partial charge < -0.3 is 20.3 Å². The van der Waals surface area contributed by atoms with Gasteiger partial charge in [-0.1, -0.05) is 36.4 Å². The summed E-state index contributed by atoms with van der Waals surface area (Å²) in [7, 11) is -4.56. The fraction of sp³-hybridized carbons (Fsp3) is 0.467. The van der Waals surface area contributed by atoms with Gasteiger partial charge in [-0.15, -0.1) is 0 Å². The lowest BCUT2D eigenvalue weighted by Gasteiger charge is -2.35. The first-order valence-electron chi connectivity index (χ1n) is 14.4. The summed E-state index contributed by atoms with van der Waals surface area (Å²) in [4.78, 5) is 4.02. The van der Waals surface area contributed by atoms with Crippen LogP contribution in [0.2, 0.25) is 0 Å². The number of nitrogens with zero attached hydrogens (tertiary/aromatic N) is 3. The molecule has 16 heteroatoms. The van der Waals surface area contributed by atoms with E-state index in [2.05, 4.69) is 20.8 Å². The lowest BCUT2D eigenvalue weighted by Crippen LogP contribution is -2.55. The molecule has 1 fully saturated rings. The van der Waals surface area contributed by atoms with Crippen LogP contribution in [0.25, 0.3) is 0 Å². The number of halogens is 6. The van der Waals surface area contributed by atoms with Gasteiger partial charge in [0.1, 0.15) is 11.4 Å². The smallest absolute Gasteiger partial charge is 0.381 e. The first-order valence-corrected chi connectivity index (χ1v) is 15.9. The third kappa shape index (κ3) is 5.09. The number of aromatic nitrogens is 2. The molecule has 0 radical (unpaired) electrons. The summed E-state index contributed by atoms with van der Waals surface area (Å²) in [6.07, 6.45) is -4.07. The van der Waals surface area contributed by atoms with Gasteiger partial charge in [-0.2, -0.15) is 31.3 Å². The number of dihydropyridines is 1. The Balaban J connectivity index is 1.48. The Morgan fingerprint density at radius 1 is 1.04 bits per heavy atom. The number of nitrogens with one attached hydrogen (secondary N) is 2. The molecule has 46 heavy (non-hydrogen) atoms. The fourth-order valence-electron chi connectivity index (χ4n) is 5.89. The molecule has 248 valence electrons. The van der Waals surface area contributed by atoms with Crippen molar-refractivity contribution in [2.24, 2.45) is 5.92 Å². The summed E-state index contributed by atoms with van der Waals surface area (Å²) in [5.41, 5.74) is -5.69. The monoisotopic (exact) mass is 671 g/mol. The zero-order chi connectivity index (χ0) is 33.7. The van der Waals surface area contributed by atoms with Gasteiger partial charge in [0.05, 0.1) is 34.2 Å². The van der Waals surface area contributed by atoms with E-state index in [0.29, 0.717) is 0 Å². The van der Waals surface area contributed by atoms with Gasteiger partial charge in [-0.3, -0.25) is 4.31 Å². The Morgan fingerprint density at radius 2 is 1.70 bits per heavy atom. The average molecular weight is 672 g/mol. The second kappa shape index (κ2) is 10.1. The predicted molar refractivity (Wildman–Crippen MR) is 152 cm³/mol. The molecule has 2 aliphatic carbocycles. The molecule has 6 rings (SSSR count). The normalized spacial score (nSPS) is 26.3. The largest absolute Gasteiger partial charge is 0.414 e. The van der Waals surface area contributed by atoms with Gasteiger partial charge in [0.15, 0.2) is 11.4 Å². The minimum atomic E-state index is -4.70. The highest BCUT2D eigenvalue weighted by atomic mass is 32.2. The van der Waals surface area contributed by atoms with Crippen molar-refractivity contribution < 1.29 is 44.4 Å². The van der Waals surface area contributed by atoms with Gasteiger partial charge in [-0.25, -0.2) is 8.42 Å². The van der Waals surface area contributed by atoms with Gasteiger partial charge in [0.2, 0.25) is 0 Å². The molecule has 0 amide bonds. The van der Waals surface area contributed by atoms with Crippen molar-refractivity contribution in [3.63, 3.8) is 0 Å². The van der Waals surface area contributed by atoms with E-state index in [-0.39, 0.29) is 57.8 Å². The van der Waals surface area contributed by atoms with Crippen LogP contribution in [0.5, 0.6) is 0 Å². The molecule has 3 atom stereocenters. The van der Waals surface area contributed by atoms with E-state index in [4.69, 9.17) is 4.52 Å². The van der Waals surface area contributed by atoms with E-state index in [0.717, 1.165) is 41.6 Å². The molecule has 0 saturated heterocycles. The van der Waals surface area contributed by atoms with Crippen molar-refractivity contribution in [2.75, 3.05) is 6.54 Å². The van der Waals surface area contributed by atoms with E-state index in [9.17, 15) is 39.9 Å². The molecule has 9 nitrogen and oxygen atoms in total. The minimum absolute atomic E-state index is 0.0168. The average Bonchev–Trinajstić information content (AvgIpc) is 3.66. The first-order chi connectivity index (χ1) is 21.2. The Labute approximate surface area is 260 Å². The maximum absolute atomic E-state index is 14.4. The van der Waals surface area contributed by atoms with Crippen molar-refractivity contribution in [1.29, 1.82) is 0 Å². The fourth-order valence-corrected chi connectivity index (χ4v) is 7.40. The van der Waals surface area contributed by atoms with Crippen molar-refractivity contribution in [3.8, 4) is 0 Å². The minimum Gasteiger partial charge on any atom is -0.381 e. The standard InChI is InChI=1S/C30H31F6N5O4S/c1-16-5-10-20-22(21(16)24-38-25(45-40-24)26(2,3)42)41(15-17-11-12-27(4,29(31,32)33)39-23(17)37-20)46(43,44)19-8-6-18(7-9-19)28(13-14-28)30(34,35)36/h5-12,16,21,37,39,42H,13-15H2,1-4H3. The van der Waals surface area contributed by atoms with E-state index < -0.39 is 57.3 Å². The highest BCUT2D eigenvalue weighted by molar-refractivity contribution is 7.89. The molecule has 1 saturated carbocycles. The lowest BCUT2D eigenvalue weighted by molar-refractivity contribution is -0.175. The number of rotatable bonds is 5. The molecular formula is C30H31F6N5O4S. The molecule has 0 spiro atoms. The van der Waals surface area contributed by atoms with Crippen LogP contribution in [0, 0.1) is 5.92 Å². The molecule has 3 unspecified atom stereocenters. The molecule has 0 bridgehead atoms. The number of allylic oxidation sites excluding steroid dienone is 3. The van der Waals surface area contributed by atoms with Gasteiger partial charge in [0.25, 0.3) is 15.9 Å². The molecule has 4 aliphatic rings. The Hall–Kier alpha value is -3.79. The van der Waals surface area contributed by atoms with Crippen molar-refractivity contribution >= 4 is 10.0 Å². The maximum Gasteiger partial charge on any atom is 0.414 e. The second-order valence-electron chi connectivity index (χ2n) is 12.8. The van der Waals surface area contributed by atoms with Crippen LogP contribution in [-0.2, 0) is 21.0 Å². The van der Waals surface area contributed by atoms with Crippen LogP contribution in [0.15, 0.2) is 80.8 Å². The number of alkyl halides is 6. The highest BCUT2D eigenvalue weighted by Gasteiger charge is 2.64. The number of aliphatic hydroxyl groups is 1. The summed E-state index contributed by atoms with van der Waals surface area (Å²) in [6.45, 7) is 5.10. The van der Waals surface area contributed by atoms with Crippen molar-refractivity contribution in [2.45, 2.75) is 80.3 Å². The van der Waals surface area contributed by atoms with Crippen LogP contribution in [0.1, 0.15) is 63.7 Å². The first kappa shape index (κ1) is 32.2. The Bertz CT molecular complexity index is 1800. The van der Waals surface area contributed by atoms with Crippen LogP contribution < -0.4 is 10.6 Å². The van der Waals surface area contributed by atoms with Crippen LogP contribution in [0.4, 0.5) is 26.3 Å². The number of hydrogen-bond donors (Lipinski definition) is 3. The zero-order valence-electron chi connectivity index (χ0n) is 25.1. The summed E-state index contributed by atoms with van der Waals surface area (Å²) >= 11 is 0. The number of hydrogen-bond acceptors (Lipinski definition) is 8. The topological polar surface area (TPSA) is 121 Å². The quantitative estimate of drug-likeness (QED) is 0.363. The maximum atomic E-state index is 14.4. The summed E-state index contributed by atoms with van der Waals surface area (Å²) < 4.78 is 119. The third-order valence-corrected chi connectivity index (χ3v) is 10.7. The van der Waals surface area contributed by atoms with Gasteiger partial charge >= 0.3 is 12.4 Å². The van der Waals surface area contributed by atoms with Crippen molar-refractivity contribution in [3.05, 3.63) is 88.6 Å². The van der Waals surface area contributed by atoms with Gasteiger partial charge in [-0.05, 0) is 69.4 Å². The molecule has 3 N–H and O–H groups in total. The lowest BCUT2D eigenvalue weighted by atomic mass is 9.85. The molecule has 3 heterocycles. The van der Waals surface area contributed by atoms with E-state index >= 15 is 0 Å². The van der Waals surface area contributed by atoms with Crippen LogP contribution in [0.3, 0.4) is 0 Å². The molecule has 1 aromatic heterocycles. The molecular weight excluding hydrogens is 640 g/mol. The summed E-state index contributed by atoms with van der Waals surface area (Å²) in [5, 5.41) is 19.9. The van der Waals surface area contributed by atoms with Crippen LogP contribution in [-0.4, -0.2) is 52.4 Å². The second-order valence-corrected chi connectivity index (χ2v) is 14.7. The van der Waals surface area contributed by atoms with E-state index in [1.807, 2.05) is 0 Å². The third-order valence-electron chi connectivity index (χ3n) is 8.95. The van der Waals surface area contributed by atoms with E-state index in [1.165, 1.54) is 19.9 Å². The highest BCUT2D eigenvalue weighted by Crippen LogP contribution is 2.59. The van der Waals surface area contributed by atoms with Gasteiger partial charge in [0, 0.05) is 5.57 Å². The van der Waals surface area contributed by atoms with Crippen LogP contribution >= 0.6 is 0 Å². The Kier molecular flexibility index (Phi) is 7.06. The summed E-state index contributed by atoms with van der Waals surface area (Å²) in [5.74, 6) is -1.59. The number of sulfonamides is 1. The summed E-state index contributed by atoms with van der Waals surface area (Å²) in [6, 6.07) is 4.52. The molecule has 2 aliphatic heterocycles. The predicted octanol–water partition coefficient (Wildman–Crippen LogP) is 5.38. The van der Waals surface area contributed by atoms with E-state index in [1.54, 1.807) is 19.1 Å². The Morgan fingerprint density at radius 3 is 2.24 bits per heavy atom. The number of benzene rings is 1. The molecule has 2 aromatic rings. The molecule has 1 aromatic carbocycles. The SMILES string of the molecule is CC1C=CC2=C(C1c1noc(C(C)(C)O)n1)N(S(=O)(=O)c1ccc(C3(C(F)(F)F)CC3)cc1)CC1=C(N2)NC(C)(C(F)(F)F)C=C1. The van der Waals surface area contributed by atoms with Crippen molar-refractivity contribution in [1.82, 2.24) is 25.1 Å². The zero-order valence-corrected chi connectivity index (χ0v) is 25.9.